The normalized spacial score (nSPS) is 12.4. The number of benzene rings is 1. The number of halogens is 2. The summed E-state index contributed by atoms with van der Waals surface area (Å²) in [7, 11) is 0. The second-order valence-corrected chi connectivity index (χ2v) is 4.97. The van der Waals surface area contributed by atoms with E-state index < -0.39 is 0 Å². The molecule has 0 spiro atoms. The molecule has 102 valence electrons. The van der Waals surface area contributed by atoms with Crippen LogP contribution in [-0.4, -0.2) is 13.2 Å². The molecular weight excluding hydrogens is 313 g/mol. The molecular formula is C14H15BrFNO2. The van der Waals surface area contributed by atoms with Gasteiger partial charge in [-0.05, 0) is 53.2 Å². The minimum Gasteiger partial charge on any atom is -0.492 e. The van der Waals surface area contributed by atoms with E-state index in [1.165, 1.54) is 6.07 Å². The lowest BCUT2D eigenvalue weighted by atomic mass is 10.2. The quantitative estimate of drug-likeness (QED) is 0.817. The van der Waals surface area contributed by atoms with Crippen molar-refractivity contribution in [1.82, 2.24) is 5.32 Å². The SMILES string of the molecule is CC(NCCOc1ccc(F)c(Br)c1)c1ccco1. The van der Waals surface area contributed by atoms with Gasteiger partial charge in [-0.15, -0.1) is 0 Å². The van der Waals surface area contributed by atoms with Crippen molar-refractivity contribution < 1.29 is 13.5 Å². The van der Waals surface area contributed by atoms with Crippen molar-refractivity contribution >= 4 is 15.9 Å². The topological polar surface area (TPSA) is 34.4 Å². The zero-order valence-electron chi connectivity index (χ0n) is 10.5. The molecule has 1 N–H and O–H groups in total. The van der Waals surface area contributed by atoms with E-state index in [2.05, 4.69) is 21.2 Å². The van der Waals surface area contributed by atoms with E-state index in [9.17, 15) is 4.39 Å². The first-order chi connectivity index (χ1) is 9.16. The summed E-state index contributed by atoms with van der Waals surface area (Å²) in [4.78, 5) is 0. The van der Waals surface area contributed by atoms with Crippen LogP contribution in [0.15, 0.2) is 45.5 Å². The van der Waals surface area contributed by atoms with Gasteiger partial charge in [0.1, 0.15) is 23.9 Å². The zero-order valence-corrected chi connectivity index (χ0v) is 12.1. The molecule has 0 aliphatic carbocycles. The predicted molar refractivity (Wildman–Crippen MR) is 74.7 cm³/mol. The first-order valence-corrected chi connectivity index (χ1v) is 6.81. The van der Waals surface area contributed by atoms with Crippen molar-refractivity contribution in [3.63, 3.8) is 0 Å². The van der Waals surface area contributed by atoms with Gasteiger partial charge in [0.2, 0.25) is 0 Å². The van der Waals surface area contributed by atoms with Crippen LogP contribution in [0.4, 0.5) is 4.39 Å². The van der Waals surface area contributed by atoms with Gasteiger partial charge in [0, 0.05) is 6.54 Å². The Bertz CT molecular complexity index is 516. The van der Waals surface area contributed by atoms with E-state index in [0.717, 1.165) is 5.76 Å². The van der Waals surface area contributed by atoms with E-state index in [0.29, 0.717) is 23.4 Å². The maximum Gasteiger partial charge on any atom is 0.137 e. The summed E-state index contributed by atoms with van der Waals surface area (Å²) >= 11 is 3.12. The first kappa shape index (κ1) is 14.1. The molecule has 2 aromatic rings. The molecule has 0 saturated heterocycles. The Hall–Kier alpha value is -1.33. The van der Waals surface area contributed by atoms with E-state index in [-0.39, 0.29) is 11.9 Å². The highest BCUT2D eigenvalue weighted by Crippen LogP contribution is 2.21. The molecule has 0 radical (unpaired) electrons. The number of hydrogen-bond donors (Lipinski definition) is 1. The summed E-state index contributed by atoms with van der Waals surface area (Å²) in [6, 6.07) is 8.52. The van der Waals surface area contributed by atoms with E-state index >= 15 is 0 Å². The van der Waals surface area contributed by atoms with Gasteiger partial charge >= 0.3 is 0 Å². The standard InChI is InChI=1S/C14H15BrFNO2/c1-10(14-3-2-7-19-14)17-6-8-18-11-4-5-13(16)12(15)9-11/h2-5,7,9-10,17H,6,8H2,1H3. The lowest BCUT2D eigenvalue weighted by Crippen LogP contribution is -2.24. The molecule has 3 nitrogen and oxygen atoms in total. The zero-order chi connectivity index (χ0) is 13.7. The molecule has 5 heteroatoms. The third-order valence-corrected chi connectivity index (χ3v) is 3.29. The summed E-state index contributed by atoms with van der Waals surface area (Å²) in [6.07, 6.45) is 1.65. The molecule has 2 rings (SSSR count). The molecule has 1 atom stereocenters. The molecule has 0 saturated carbocycles. The lowest BCUT2D eigenvalue weighted by Gasteiger charge is -2.12. The van der Waals surface area contributed by atoms with Crippen molar-refractivity contribution in [1.29, 1.82) is 0 Å². The van der Waals surface area contributed by atoms with Crippen LogP contribution in [0.3, 0.4) is 0 Å². The van der Waals surface area contributed by atoms with Crippen LogP contribution in [0.5, 0.6) is 5.75 Å². The molecule has 19 heavy (non-hydrogen) atoms. The molecule has 0 aliphatic heterocycles. The number of furan rings is 1. The minimum atomic E-state index is -0.295. The second kappa shape index (κ2) is 6.73. The summed E-state index contributed by atoms with van der Waals surface area (Å²) in [5, 5.41) is 3.28. The largest absolute Gasteiger partial charge is 0.492 e. The van der Waals surface area contributed by atoms with Crippen LogP contribution in [0.1, 0.15) is 18.7 Å². The Kier molecular flexibility index (Phi) is 4.99. The average Bonchev–Trinajstić information content (AvgIpc) is 2.92. The Morgan fingerprint density at radius 1 is 1.42 bits per heavy atom. The predicted octanol–water partition coefficient (Wildman–Crippen LogP) is 3.91. The lowest BCUT2D eigenvalue weighted by molar-refractivity contribution is 0.301. The summed E-state index contributed by atoms with van der Waals surface area (Å²) in [5.41, 5.74) is 0. The minimum absolute atomic E-state index is 0.138. The molecule has 0 fully saturated rings. The Morgan fingerprint density at radius 2 is 2.26 bits per heavy atom. The van der Waals surface area contributed by atoms with Crippen LogP contribution in [0, 0.1) is 5.82 Å². The van der Waals surface area contributed by atoms with Gasteiger partial charge in [0.05, 0.1) is 16.8 Å². The monoisotopic (exact) mass is 327 g/mol. The molecule has 0 bridgehead atoms. The van der Waals surface area contributed by atoms with Gasteiger partial charge in [-0.2, -0.15) is 0 Å². The number of nitrogens with one attached hydrogen (secondary N) is 1. The third kappa shape index (κ3) is 4.08. The maximum atomic E-state index is 13.0. The van der Waals surface area contributed by atoms with E-state index in [4.69, 9.17) is 9.15 Å². The van der Waals surface area contributed by atoms with Crippen molar-refractivity contribution in [2.45, 2.75) is 13.0 Å². The summed E-state index contributed by atoms with van der Waals surface area (Å²) < 4.78 is 24.2. The maximum absolute atomic E-state index is 13.0. The second-order valence-electron chi connectivity index (χ2n) is 4.12. The van der Waals surface area contributed by atoms with Crippen LogP contribution in [0.2, 0.25) is 0 Å². The van der Waals surface area contributed by atoms with Crippen LogP contribution in [0.25, 0.3) is 0 Å². The molecule has 1 aromatic carbocycles. The van der Waals surface area contributed by atoms with E-state index in [1.807, 2.05) is 19.1 Å². The van der Waals surface area contributed by atoms with E-state index in [1.54, 1.807) is 18.4 Å². The number of hydrogen-bond acceptors (Lipinski definition) is 3. The Morgan fingerprint density at radius 3 is 2.95 bits per heavy atom. The van der Waals surface area contributed by atoms with Crippen molar-refractivity contribution in [3.8, 4) is 5.75 Å². The smallest absolute Gasteiger partial charge is 0.137 e. The third-order valence-electron chi connectivity index (χ3n) is 2.68. The van der Waals surface area contributed by atoms with Gasteiger partial charge in [-0.3, -0.25) is 0 Å². The fourth-order valence-corrected chi connectivity index (χ4v) is 2.01. The van der Waals surface area contributed by atoms with Crippen molar-refractivity contribution in [2.24, 2.45) is 0 Å². The van der Waals surface area contributed by atoms with Gasteiger partial charge < -0.3 is 14.5 Å². The molecule has 1 aromatic heterocycles. The number of ether oxygens (including phenoxy) is 1. The fraction of sp³-hybridized carbons (Fsp3) is 0.286. The molecule has 1 unspecified atom stereocenters. The number of rotatable bonds is 6. The van der Waals surface area contributed by atoms with Crippen molar-refractivity contribution in [3.05, 3.63) is 52.6 Å². The van der Waals surface area contributed by atoms with Gasteiger partial charge in [0.25, 0.3) is 0 Å². The van der Waals surface area contributed by atoms with Gasteiger partial charge in [-0.1, -0.05) is 0 Å². The summed E-state index contributed by atoms with van der Waals surface area (Å²) in [6.45, 7) is 3.20. The molecule has 0 amide bonds. The molecule has 0 aliphatic rings. The molecule has 1 heterocycles. The Labute approximate surface area is 119 Å². The highest BCUT2D eigenvalue weighted by Gasteiger charge is 2.06. The fourth-order valence-electron chi connectivity index (χ4n) is 1.65. The van der Waals surface area contributed by atoms with Crippen LogP contribution in [-0.2, 0) is 0 Å². The van der Waals surface area contributed by atoms with Gasteiger partial charge in [-0.25, -0.2) is 4.39 Å². The highest BCUT2D eigenvalue weighted by molar-refractivity contribution is 9.10. The van der Waals surface area contributed by atoms with Crippen LogP contribution >= 0.6 is 15.9 Å². The first-order valence-electron chi connectivity index (χ1n) is 6.01. The Balaban J connectivity index is 1.73. The summed E-state index contributed by atoms with van der Waals surface area (Å²) in [5.74, 6) is 1.24. The van der Waals surface area contributed by atoms with Crippen molar-refractivity contribution in [2.75, 3.05) is 13.2 Å². The average molecular weight is 328 g/mol. The van der Waals surface area contributed by atoms with Gasteiger partial charge in [0.15, 0.2) is 0 Å². The highest BCUT2D eigenvalue weighted by atomic mass is 79.9. The van der Waals surface area contributed by atoms with Crippen LogP contribution < -0.4 is 10.1 Å².